The highest BCUT2D eigenvalue weighted by atomic mass is 79.9. The van der Waals surface area contributed by atoms with Gasteiger partial charge in [-0.2, -0.15) is 0 Å². The summed E-state index contributed by atoms with van der Waals surface area (Å²) in [6.45, 7) is 3.44. The second-order valence-electron chi connectivity index (χ2n) is 6.90. The molecule has 1 heterocycles. The van der Waals surface area contributed by atoms with Crippen molar-refractivity contribution in [3.8, 4) is 5.75 Å². The lowest BCUT2D eigenvalue weighted by molar-refractivity contribution is -0.123. The summed E-state index contributed by atoms with van der Waals surface area (Å²) in [6, 6.07) is 14.9. The fraction of sp³-hybridized carbons (Fsp3) is 0.381. The molecule has 1 unspecified atom stereocenters. The molecule has 27 heavy (non-hydrogen) atoms. The summed E-state index contributed by atoms with van der Waals surface area (Å²) >= 11 is 3.19. The molecule has 144 valence electrons. The van der Waals surface area contributed by atoms with Crippen LogP contribution in [0.25, 0.3) is 0 Å². The molecular formula is C21H24BrFN2O2. The molecule has 1 aliphatic rings. The topological polar surface area (TPSA) is 41.6 Å². The van der Waals surface area contributed by atoms with Gasteiger partial charge >= 0.3 is 0 Å². The molecule has 2 aromatic carbocycles. The highest BCUT2D eigenvalue weighted by molar-refractivity contribution is 9.10. The number of nitrogens with zero attached hydrogens (tertiary/aromatic N) is 1. The van der Waals surface area contributed by atoms with Crippen LogP contribution in [0.1, 0.15) is 18.4 Å². The van der Waals surface area contributed by atoms with E-state index in [0.717, 1.165) is 32.5 Å². The lowest BCUT2D eigenvalue weighted by Gasteiger charge is -2.32. The fourth-order valence-corrected chi connectivity index (χ4v) is 3.68. The van der Waals surface area contributed by atoms with E-state index in [1.807, 2.05) is 6.07 Å². The van der Waals surface area contributed by atoms with Crippen LogP contribution in [-0.2, 0) is 11.3 Å². The summed E-state index contributed by atoms with van der Waals surface area (Å²) in [5.41, 5.74) is 1.31. The van der Waals surface area contributed by atoms with Crippen LogP contribution in [0.4, 0.5) is 4.39 Å². The van der Waals surface area contributed by atoms with E-state index in [-0.39, 0.29) is 18.3 Å². The maximum Gasteiger partial charge on any atom is 0.257 e. The Balaban J connectivity index is 1.40. The first-order valence-corrected chi connectivity index (χ1v) is 10.0. The van der Waals surface area contributed by atoms with E-state index in [1.54, 1.807) is 6.07 Å². The molecule has 2 aromatic rings. The predicted molar refractivity (Wildman–Crippen MR) is 107 cm³/mol. The molecule has 1 fully saturated rings. The van der Waals surface area contributed by atoms with E-state index in [4.69, 9.17) is 4.74 Å². The smallest absolute Gasteiger partial charge is 0.257 e. The van der Waals surface area contributed by atoms with Gasteiger partial charge < -0.3 is 10.1 Å². The number of rotatable bonds is 7. The fourth-order valence-electron chi connectivity index (χ4n) is 3.35. The quantitative estimate of drug-likeness (QED) is 0.715. The van der Waals surface area contributed by atoms with Gasteiger partial charge in [0.05, 0.1) is 0 Å². The number of carbonyl (C=O) groups is 1. The third kappa shape index (κ3) is 6.33. The molecule has 0 aliphatic carbocycles. The highest BCUT2D eigenvalue weighted by Crippen LogP contribution is 2.21. The van der Waals surface area contributed by atoms with Crippen molar-refractivity contribution in [2.75, 3.05) is 26.2 Å². The van der Waals surface area contributed by atoms with Gasteiger partial charge in [0.2, 0.25) is 0 Å². The van der Waals surface area contributed by atoms with E-state index in [2.05, 4.69) is 50.4 Å². The minimum absolute atomic E-state index is 0.0834. The first-order chi connectivity index (χ1) is 13.1. The Labute approximate surface area is 167 Å². The molecule has 1 amide bonds. The molecule has 6 heteroatoms. The minimum Gasteiger partial charge on any atom is -0.481 e. The van der Waals surface area contributed by atoms with Crippen molar-refractivity contribution in [2.24, 2.45) is 5.92 Å². The lowest BCUT2D eigenvalue weighted by Crippen LogP contribution is -2.41. The van der Waals surface area contributed by atoms with Gasteiger partial charge in [-0.3, -0.25) is 9.69 Å². The largest absolute Gasteiger partial charge is 0.481 e. The van der Waals surface area contributed by atoms with Gasteiger partial charge in [0, 0.05) is 24.1 Å². The molecule has 1 aliphatic heterocycles. The summed E-state index contributed by atoms with van der Waals surface area (Å²) in [6.07, 6.45) is 2.24. The molecule has 1 N–H and O–H groups in total. The zero-order chi connectivity index (χ0) is 19.1. The van der Waals surface area contributed by atoms with Gasteiger partial charge in [0.25, 0.3) is 5.91 Å². The van der Waals surface area contributed by atoms with Crippen LogP contribution >= 0.6 is 15.9 Å². The SMILES string of the molecule is O=C(COc1ccc(Br)cc1F)NCC1CCCN(Cc2ccccc2)C1. The first kappa shape index (κ1) is 19.8. The molecule has 0 aromatic heterocycles. The van der Waals surface area contributed by atoms with Crippen molar-refractivity contribution in [3.63, 3.8) is 0 Å². The van der Waals surface area contributed by atoms with Gasteiger partial charge in [-0.15, -0.1) is 0 Å². The Bertz CT molecular complexity index is 757. The van der Waals surface area contributed by atoms with E-state index in [1.165, 1.54) is 17.7 Å². The Kier molecular flexibility index (Phi) is 7.24. The number of hydrogen-bond acceptors (Lipinski definition) is 3. The van der Waals surface area contributed by atoms with Crippen LogP contribution in [-0.4, -0.2) is 37.0 Å². The first-order valence-electron chi connectivity index (χ1n) is 9.21. The molecule has 0 radical (unpaired) electrons. The Morgan fingerprint density at radius 2 is 2.07 bits per heavy atom. The summed E-state index contributed by atoms with van der Waals surface area (Å²) in [4.78, 5) is 14.5. The summed E-state index contributed by atoms with van der Waals surface area (Å²) in [5, 5.41) is 2.92. The van der Waals surface area contributed by atoms with E-state index in [0.29, 0.717) is 16.9 Å². The van der Waals surface area contributed by atoms with Crippen LogP contribution < -0.4 is 10.1 Å². The number of ether oxygens (including phenoxy) is 1. The maximum absolute atomic E-state index is 13.7. The van der Waals surface area contributed by atoms with E-state index >= 15 is 0 Å². The van der Waals surface area contributed by atoms with Crippen molar-refractivity contribution >= 4 is 21.8 Å². The van der Waals surface area contributed by atoms with Crippen molar-refractivity contribution < 1.29 is 13.9 Å². The second kappa shape index (κ2) is 9.85. The van der Waals surface area contributed by atoms with Crippen LogP contribution in [0.5, 0.6) is 5.75 Å². The minimum atomic E-state index is -0.485. The summed E-state index contributed by atoms with van der Waals surface area (Å²) < 4.78 is 19.6. The Morgan fingerprint density at radius 1 is 1.26 bits per heavy atom. The van der Waals surface area contributed by atoms with Crippen molar-refractivity contribution in [3.05, 3.63) is 64.4 Å². The molecule has 4 nitrogen and oxygen atoms in total. The lowest BCUT2D eigenvalue weighted by atomic mass is 9.97. The van der Waals surface area contributed by atoms with E-state index < -0.39 is 5.82 Å². The second-order valence-corrected chi connectivity index (χ2v) is 7.81. The van der Waals surface area contributed by atoms with Gasteiger partial charge in [-0.05, 0) is 49.1 Å². The van der Waals surface area contributed by atoms with Crippen LogP contribution in [0.3, 0.4) is 0 Å². The number of likely N-dealkylation sites (tertiary alicyclic amines) is 1. The average molecular weight is 435 g/mol. The van der Waals surface area contributed by atoms with Crippen LogP contribution in [0.2, 0.25) is 0 Å². The number of hydrogen-bond donors (Lipinski definition) is 1. The van der Waals surface area contributed by atoms with Crippen molar-refractivity contribution in [1.29, 1.82) is 0 Å². The summed E-state index contributed by atoms with van der Waals surface area (Å²) in [5.74, 6) is -0.200. The van der Waals surface area contributed by atoms with Crippen LogP contribution in [0.15, 0.2) is 53.0 Å². The van der Waals surface area contributed by atoms with Gasteiger partial charge in [0.1, 0.15) is 0 Å². The molecule has 0 saturated carbocycles. The molecular weight excluding hydrogens is 411 g/mol. The Hall–Kier alpha value is -1.92. The third-order valence-electron chi connectivity index (χ3n) is 4.69. The maximum atomic E-state index is 13.7. The number of piperidine rings is 1. The zero-order valence-corrected chi connectivity index (χ0v) is 16.8. The molecule has 1 saturated heterocycles. The van der Waals surface area contributed by atoms with Crippen LogP contribution in [0, 0.1) is 11.7 Å². The third-order valence-corrected chi connectivity index (χ3v) is 5.19. The summed E-state index contributed by atoms with van der Waals surface area (Å²) in [7, 11) is 0. The standard InChI is InChI=1S/C21H24BrFN2O2/c22-18-8-9-20(19(23)11-18)27-15-21(26)24-12-17-7-4-10-25(14-17)13-16-5-2-1-3-6-16/h1-3,5-6,8-9,11,17H,4,7,10,12-15H2,(H,24,26). The molecule has 0 spiro atoms. The number of halogens is 2. The van der Waals surface area contributed by atoms with Gasteiger partial charge in [-0.25, -0.2) is 4.39 Å². The molecule has 3 rings (SSSR count). The van der Waals surface area contributed by atoms with Crippen molar-refractivity contribution in [1.82, 2.24) is 10.2 Å². The molecule has 1 atom stereocenters. The highest BCUT2D eigenvalue weighted by Gasteiger charge is 2.20. The van der Waals surface area contributed by atoms with E-state index in [9.17, 15) is 9.18 Å². The zero-order valence-electron chi connectivity index (χ0n) is 15.2. The van der Waals surface area contributed by atoms with Crippen molar-refractivity contribution in [2.45, 2.75) is 19.4 Å². The molecule has 0 bridgehead atoms. The number of carbonyl (C=O) groups excluding carboxylic acids is 1. The average Bonchev–Trinajstić information content (AvgIpc) is 2.67. The monoisotopic (exact) mass is 434 g/mol. The number of benzene rings is 2. The number of amides is 1. The normalized spacial score (nSPS) is 17.5. The Morgan fingerprint density at radius 3 is 2.85 bits per heavy atom. The van der Waals surface area contributed by atoms with Gasteiger partial charge in [-0.1, -0.05) is 46.3 Å². The number of nitrogens with one attached hydrogen (secondary N) is 1. The van der Waals surface area contributed by atoms with Gasteiger partial charge in [0.15, 0.2) is 18.2 Å². The predicted octanol–water partition coefficient (Wildman–Crippen LogP) is 4.00.